The van der Waals surface area contributed by atoms with E-state index < -0.39 is 0 Å². The third-order valence-corrected chi connectivity index (χ3v) is 4.00. The number of morpholine rings is 1. The van der Waals surface area contributed by atoms with Crippen molar-refractivity contribution in [3.63, 3.8) is 0 Å². The highest BCUT2D eigenvalue weighted by atomic mass is 16.5. The first kappa shape index (κ1) is 15.7. The van der Waals surface area contributed by atoms with Crippen LogP contribution in [0.5, 0.6) is 0 Å². The number of amides is 1. The number of hydrogen-bond donors (Lipinski definition) is 2. The van der Waals surface area contributed by atoms with Crippen LogP contribution in [0.1, 0.15) is 28.8 Å². The summed E-state index contributed by atoms with van der Waals surface area (Å²) in [5.41, 5.74) is 3.06. The minimum Gasteiger partial charge on any atom is -0.378 e. The van der Waals surface area contributed by atoms with Crippen molar-refractivity contribution in [2.75, 3.05) is 31.6 Å². The summed E-state index contributed by atoms with van der Waals surface area (Å²) in [6, 6.07) is 1.71. The Labute approximate surface area is 134 Å². The van der Waals surface area contributed by atoms with Crippen molar-refractivity contribution >= 4 is 11.7 Å². The number of carbonyl (C=O) groups excluding carboxylic acids is 1. The van der Waals surface area contributed by atoms with Gasteiger partial charge in [0.15, 0.2) is 5.82 Å². The van der Waals surface area contributed by atoms with E-state index in [4.69, 9.17) is 9.26 Å². The van der Waals surface area contributed by atoms with Crippen molar-refractivity contribution in [3.05, 3.63) is 28.8 Å². The summed E-state index contributed by atoms with van der Waals surface area (Å²) < 4.78 is 10.6. The molecule has 3 heterocycles. The maximum atomic E-state index is 12.3. The Hall–Kier alpha value is -2.19. The van der Waals surface area contributed by atoms with Gasteiger partial charge < -0.3 is 14.6 Å². The molecule has 1 fully saturated rings. The molecular weight excluding hydrogens is 298 g/mol. The average molecular weight is 319 g/mol. The Morgan fingerprint density at radius 3 is 2.96 bits per heavy atom. The number of aromatic nitrogens is 3. The second kappa shape index (κ2) is 6.51. The number of nitrogens with zero attached hydrogens (tertiary/aromatic N) is 3. The molecule has 23 heavy (non-hydrogen) atoms. The molecule has 124 valence electrons. The first-order valence-corrected chi connectivity index (χ1v) is 7.61. The van der Waals surface area contributed by atoms with Gasteiger partial charge in [-0.15, -0.1) is 0 Å². The second-order valence-corrected chi connectivity index (χ2v) is 5.78. The van der Waals surface area contributed by atoms with E-state index in [-0.39, 0.29) is 18.5 Å². The van der Waals surface area contributed by atoms with Crippen LogP contribution >= 0.6 is 0 Å². The van der Waals surface area contributed by atoms with Gasteiger partial charge in [-0.1, -0.05) is 5.16 Å². The number of carbonyl (C=O) groups is 1. The molecule has 0 radical (unpaired) electrons. The van der Waals surface area contributed by atoms with Gasteiger partial charge in [-0.2, -0.15) is 5.10 Å². The van der Waals surface area contributed by atoms with Crippen LogP contribution in [0.15, 0.2) is 10.6 Å². The number of H-pyrrole nitrogens is 1. The molecule has 1 unspecified atom stereocenters. The van der Waals surface area contributed by atoms with Crippen LogP contribution in [0, 0.1) is 20.8 Å². The summed E-state index contributed by atoms with van der Waals surface area (Å²) >= 11 is 0. The third kappa shape index (κ3) is 3.43. The molecule has 2 aromatic heterocycles. The Balaban J connectivity index is 1.70. The Morgan fingerprint density at radius 2 is 2.30 bits per heavy atom. The lowest BCUT2D eigenvalue weighted by molar-refractivity contribution is -0.119. The molecule has 1 atom stereocenters. The first-order chi connectivity index (χ1) is 11.0. The van der Waals surface area contributed by atoms with Gasteiger partial charge in [-0.05, 0) is 20.8 Å². The highest BCUT2D eigenvalue weighted by Crippen LogP contribution is 2.28. The van der Waals surface area contributed by atoms with Crippen molar-refractivity contribution in [2.24, 2.45) is 0 Å². The fraction of sp³-hybridized carbons (Fsp3) is 0.533. The topological polar surface area (TPSA) is 96.3 Å². The van der Waals surface area contributed by atoms with Gasteiger partial charge in [0.2, 0.25) is 5.91 Å². The van der Waals surface area contributed by atoms with E-state index in [9.17, 15) is 4.79 Å². The zero-order valence-corrected chi connectivity index (χ0v) is 13.5. The van der Waals surface area contributed by atoms with E-state index in [1.165, 1.54) is 0 Å². The molecule has 8 nitrogen and oxygen atoms in total. The number of anilines is 1. The molecule has 8 heteroatoms. The van der Waals surface area contributed by atoms with Gasteiger partial charge in [0, 0.05) is 23.9 Å². The zero-order valence-electron chi connectivity index (χ0n) is 13.5. The molecule has 1 amide bonds. The maximum absolute atomic E-state index is 12.3. The third-order valence-electron chi connectivity index (χ3n) is 4.00. The van der Waals surface area contributed by atoms with E-state index in [1.54, 1.807) is 13.0 Å². The van der Waals surface area contributed by atoms with E-state index >= 15 is 0 Å². The van der Waals surface area contributed by atoms with Crippen molar-refractivity contribution in [1.82, 2.24) is 20.3 Å². The molecule has 2 N–H and O–H groups in total. The zero-order chi connectivity index (χ0) is 16.4. The van der Waals surface area contributed by atoms with Crippen LogP contribution < -0.4 is 5.32 Å². The number of aromatic amines is 1. The van der Waals surface area contributed by atoms with Gasteiger partial charge in [0.05, 0.1) is 31.5 Å². The van der Waals surface area contributed by atoms with E-state index in [0.717, 1.165) is 17.0 Å². The van der Waals surface area contributed by atoms with Gasteiger partial charge in [-0.25, -0.2) is 0 Å². The number of hydrogen-bond acceptors (Lipinski definition) is 6. The Bertz CT molecular complexity index is 674. The summed E-state index contributed by atoms with van der Waals surface area (Å²) in [5.74, 6) is 0.978. The lowest BCUT2D eigenvalue weighted by Crippen LogP contribution is -2.44. The van der Waals surface area contributed by atoms with Crippen LogP contribution in [0.3, 0.4) is 0 Å². The second-order valence-electron chi connectivity index (χ2n) is 5.78. The molecule has 0 bridgehead atoms. The molecule has 1 aliphatic rings. The lowest BCUT2D eigenvalue weighted by Gasteiger charge is -2.35. The monoisotopic (exact) mass is 319 g/mol. The predicted octanol–water partition coefficient (Wildman–Crippen LogP) is 1.33. The highest BCUT2D eigenvalue weighted by Gasteiger charge is 2.30. The van der Waals surface area contributed by atoms with Crippen LogP contribution in [-0.2, 0) is 9.53 Å². The standard InChI is InChI=1S/C15H21N5O3/c1-9-6-13(19-23-9)16-14(21)7-20-4-5-22-8-12(20)15-10(2)17-18-11(15)3/h6,12H,4-5,7-8H2,1-3H3,(H,17,18)(H,16,19,21). The fourth-order valence-electron chi connectivity index (χ4n) is 2.94. The summed E-state index contributed by atoms with van der Waals surface area (Å²) in [4.78, 5) is 14.4. The average Bonchev–Trinajstić information content (AvgIpc) is 3.06. The van der Waals surface area contributed by atoms with Crippen LogP contribution in [0.2, 0.25) is 0 Å². The summed E-state index contributed by atoms with van der Waals surface area (Å²) in [7, 11) is 0. The van der Waals surface area contributed by atoms with Crippen molar-refractivity contribution in [1.29, 1.82) is 0 Å². The van der Waals surface area contributed by atoms with E-state index in [0.29, 0.717) is 31.3 Å². The summed E-state index contributed by atoms with van der Waals surface area (Å²) in [6.07, 6.45) is 0. The van der Waals surface area contributed by atoms with Crippen molar-refractivity contribution < 1.29 is 14.1 Å². The maximum Gasteiger partial charge on any atom is 0.239 e. The smallest absolute Gasteiger partial charge is 0.239 e. The predicted molar refractivity (Wildman–Crippen MR) is 83.1 cm³/mol. The van der Waals surface area contributed by atoms with Crippen LogP contribution in [0.4, 0.5) is 5.82 Å². The molecule has 0 spiro atoms. The molecule has 0 aliphatic carbocycles. The molecule has 3 rings (SSSR count). The first-order valence-electron chi connectivity index (χ1n) is 7.61. The van der Waals surface area contributed by atoms with Gasteiger partial charge >= 0.3 is 0 Å². The number of nitrogens with one attached hydrogen (secondary N) is 2. The van der Waals surface area contributed by atoms with Crippen molar-refractivity contribution in [2.45, 2.75) is 26.8 Å². The Kier molecular flexibility index (Phi) is 4.44. The molecule has 1 aliphatic heterocycles. The van der Waals surface area contributed by atoms with Gasteiger partial charge in [0.25, 0.3) is 0 Å². The molecule has 2 aromatic rings. The van der Waals surface area contributed by atoms with Crippen molar-refractivity contribution in [3.8, 4) is 0 Å². The number of rotatable bonds is 4. The summed E-state index contributed by atoms with van der Waals surface area (Å²) in [6.45, 7) is 7.86. The fourth-order valence-corrected chi connectivity index (χ4v) is 2.94. The molecular formula is C15H21N5O3. The molecule has 0 saturated carbocycles. The summed E-state index contributed by atoms with van der Waals surface area (Å²) in [5, 5.41) is 13.8. The largest absolute Gasteiger partial charge is 0.378 e. The van der Waals surface area contributed by atoms with E-state index in [2.05, 4.69) is 25.6 Å². The Morgan fingerprint density at radius 1 is 1.48 bits per heavy atom. The molecule has 1 saturated heterocycles. The molecule has 0 aromatic carbocycles. The van der Waals surface area contributed by atoms with E-state index in [1.807, 2.05) is 13.8 Å². The lowest BCUT2D eigenvalue weighted by atomic mass is 10.0. The highest BCUT2D eigenvalue weighted by molar-refractivity contribution is 5.91. The van der Waals surface area contributed by atoms with Gasteiger partial charge in [0.1, 0.15) is 5.76 Å². The minimum atomic E-state index is -0.121. The van der Waals surface area contributed by atoms with Crippen LogP contribution in [0.25, 0.3) is 0 Å². The van der Waals surface area contributed by atoms with Gasteiger partial charge in [-0.3, -0.25) is 14.8 Å². The van der Waals surface area contributed by atoms with Crippen LogP contribution in [-0.4, -0.2) is 52.5 Å². The minimum absolute atomic E-state index is 0.0206. The quantitative estimate of drug-likeness (QED) is 0.882. The SMILES string of the molecule is Cc1cc(NC(=O)CN2CCOCC2c2c(C)n[nH]c2C)no1. The number of aryl methyl sites for hydroxylation is 3. The normalized spacial score (nSPS) is 19.0. The number of ether oxygens (including phenoxy) is 1.